The molecule has 1 aromatic heterocycles. The van der Waals surface area contributed by atoms with Crippen LogP contribution in [0.15, 0.2) is 47.8 Å². The van der Waals surface area contributed by atoms with Crippen molar-refractivity contribution >= 4 is 23.3 Å². The summed E-state index contributed by atoms with van der Waals surface area (Å²) < 4.78 is 0. The van der Waals surface area contributed by atoms with Crippen LogP contribution in [0, 0.1) is 0 Å². The molecule has 1 saturated heterocycles. The van der Waals surface area contributed by atoms with Crippen molar-refractivity contribution in [3.8, 4) is 0 Å². The molecule has 0 aliphatic carbocycles. The van der Waals surface area contributed by atoms with Gasteiger partial charge in [0.25, 0.3) is 5.91 Å². The summed E-state index contributed by atoms with van der Waals surface area (Å²) in [6.45, 7) is 4.59. The average Bonchev–Trinajstić information content (AvgIpc) is 3.15. The van der Waals surface area contributed by atoms with Gasteiger partial charge >= 0.3 is 0 Å². The molecule has 1 aromatic carbocycles. The number of nitrogens with one attached hydrogen (secondary N) is 1. The Morgan fingerprint density at radius 1 is 1.15 bits per heavy atom. The van der Waals surface area contributed by atoms with Crippen molar-refractivity contribution < 1.29 is 4.79 Å². The van der Waals surface area contributed by atoms with E-state index in [9.17, 15) is 4.79 Å². The molecular weight excluding hydrogens is 340 g/mol. The third-order valence-electron chi connectivity index (χ3n) is 5.00. The molecule has 1 N–H and O–H groups in total. The molecule has 1 unspecified atom stereocenters. The van der Waals surface area contributed by atoms with Gasteiger partial charge in [-0.15, -0.1) is 0 Å². The molecule has 1 fully saturated rings. The number of piperidine rings is 1. The maximum Gasteiger partial charge on any atom is 0.251 e. The van der Waals surface area contributed by atoms with E-state index in [0.29, 0.717) is 5.56 Å². The number of rotatable bonds is 4. The lowest BCUT2D eigenvalue weighted by Crippen LogP contribution is -2.48. The number of carbonyl (C=O) groups excluding carboxylic acids is 1. The van der Waals surface area contributed by atoms with Gasteiger partial charge in [-0.05, 0) is 50.1 Å². The van der Waals surface area contributed by atoms with E-state index in [1.807, 2.05) is 42.3 Å². The second-order valence-electron chi connectivity index (χ2n) is 7.06. The summed E-state index contributed by atoms with van der Waals surface area (Å²) in [5.41, 5.74) is 2.83. The van der Waals surface area contributed by atoms with Crippen LogP contribution in [0.4, 0.5) is 11.6 Å². The Morgan fingerprint density at radius 3 is 2.63 bits per heavy atom. The number of carbonyl (C=O) groups is 1. The number of hydrazone groups is 1. The minimum Gasteiger partial charge on any atom is -0.348 e. The van der Waals surface area contributed by atoms with Crippen molar-refractivity contribution in [1.82, 2.24) is 15.3 Å². The van der Waals surface area contributed by atoms with Gasteiger partial charge in [0.1, 0.15) is 0 Å². The second kappa shape index (κ2) is 7.73. The van der Waals surface area contributed by atoms with Crippen LogP contribution in [0.1, 0.15) is 36.5 Å². The first-order valence-corrected chi connectivity index (χ1v) is 9.43. The van der Waals surface area contributed by atoms with Gasteiger partial charge in [-0.1, -0.05) is 0 Å². The summed E-state index contributed by atoms with van der Waals surface area (Å²) in [5.74, 6) is 0.686. The third kappa shape index (κ3) is 4.07. The fourth-order valence-electron chi connectivity index (χ4n) is 3.55. The Balaban J connectivity index is 1.37. The average molecular weight is 364 g/mol. The smallest absolute Gasteiger partial charge is 0.251 e. The SMILES string of the molecule is CC1=NN(c2ccc(C(=O)NC3CCCN(c4ncccn4)C3)cc2)CC1. The van der Waals surface area contributed by atoms with Gasteiger partial charge in [0.15, 0.2) is 0 Å². The number of nitrogens with zero attached hydrogens (tertiary/aromatic N) is 5. The maximum absolute atomic E-state index is 12.6. The molecule has 1 atom stereocenters. The van der Waals surface area contributed by atoms with Crippen molar-refractivity contribution in [2.45, 2.75) is 32.2 Å². The molecule has 2 aliphatic heterocycles. The van der Waals surface area contributed by atoms with E-state index in [-0.39, 0.29) is 11.9 Å². The number of hydrogen-bond acceptors (Lipinski definition) is 6. The highest BCUT2D eigenvalue weighted by Gasteiger charge is 2.23. The number of benzene rings is 1. The Bertz CT molecular complexity index is 820. The molecule has 4 rings (SSSR count). The number of amides is 1. The lowest BCUT2D eigenvalue weighted by Gasteiger charge is -2.33. The normalized spacial score (nSPS) is 19.7. The van der Waals surface area contributed by atoms with Gasteiger partial charge in [-0.3, -0.25) is 9.80 Å². The first-order valence-electron chi connectivity index (χ1n) is 9.43. The molecule has 3 heterocycles. The zero-order chi connectivity index (χ0) is 18.6. The van der Waals surface area contributed by atoms with E-state index in [1.54, 1.807) is 12.4 Å². The van der Waals surface area contributed by atoms with Crippen LogP contribution in [0.2, 0.25) is 0 Å². The standard InChI is InChI=1S/C20H24N6O/c1-15-9-13-26(24-15)18-7-5-16(6-8-18)19(27)23-17-4-2-12-25(14-17)20-21-10-3-11-22-20/h3,5-8,10-11,17H,2,4,9,12-14H2,1H3,(H,23,27). The molecule has 0 radical (unpaired) electrons. The Kier molecular flexibility index (Phi) is 5.00. The molecule has 7 nitrogen and oxygen atoms in total. The van der Waals surface area contributed by atoms with E-state index in [1.165, 1.54) is 0 Å². The van der Waals surface area contributed by atoms with Crippen molar-refractivity contribution in [2.24, 2.45) is 5.10 Å². The highest BCUT2D eigenvalue weighted by atomic mass is 16.1. The number of aromatic nitrogens is 2. The molecule has 140 valence electrons. The first kappa shape index (κ1) is 17.5. The number of hydrogen-bond donors (Lipinski definition) is 1. The minimum atomic E-state index is -0.0384. The maximum atomic E-state index is 12.6. The van der Waals surface area contributed by atoms with Crippen LogP contribution in [0.5, 0.6) is 0 Å². The van der Waals surface area contributed by atoms with Crippen LogP contribution < -0.4 is 15.2 Å². The number of anilines is 2. The molecule has 7 heteroatoms. The van der Waals surface area contributed by atoms with E-state index >= 15 is 0 Å². The van der Waals surface area contributed by atoms with Crippen LogP contribution in [0.25, 0.3) is 0 Å². The van der Waals surface area contributed by atoms with E-state index in [0.717, 1.165) is 56.2 Å². The lowest BCUT2D eigenvalue weighted by molar-refractivity contribution is 0.0933. The highest BCUT2D eigenvalue weighted by molar-refractivity contribution is 5.95. The third-order valence-corrected chi connectivity index (χ3v) is 5.00. The van der Waals surface area contributed by atoms with Gasteiger partial charge in [0.05, 0.1) is 5.69 Å². The van der Waals surface area contributed by atoms with Gasteiger partial charge in [0, 0.05) is 55.8 Å². The van der Waals surface area contributed by atoms with Gasteiger partial charge < -0.3 is 10.2 Å². The highest BCUT2D eigenvalue weighted by Crippen LogP contribution is 2.20. The largest absolute Gasteiger partial charge is 0.348 e. The predicted octanol–water partition coefficient (Wildman–Crippen LogP) is 2.46. The Labute approximate surface area is 159 Å². The van der Waals surface area contributed by atoms with Gasteiger partial charge in [-0.2, -0.15) is 5.10 Å². The molecule has 0 spiro atoms. The quantitative estimate of drug-likeness (QED) is 0.902. The predicted molar refractivity (Wildman–Crippen MR) is 106 cm³/mol. The van der Waals surface area contributed by atoms with Gasteiger partial charge in [0.2, 0.25) is 5.95 Å². The Morgan fingerprint density at radius 2 is 1.93 bits per heavy atom. The van der Waals surface area contributed by atoms with E-state index in [2.05, 4.69) is 25.3 Å². The summed E-state index contributed by atoms with van der Waals surface area (Å²) in [7, 11) is 0. The zero-order valence-electron chi connectivity index (χ0n) is 15.5. The lowest BCUT2D eigenvalue weighted by atomic mass is 10.1. The van der Waals surface area contributed by atoms with E-state index in [4.69, 9.17) is 0 Å². The molecular formula is C20H24N6O. The molecule has 27 heavy (non-hydrogen) atoms. The first-order chi connectivity index (χ1) is 13.2. The summed E-state index contributed by atoms with van der Waals surface area (Å²) in [6, 6.07) is 9.57. The van der Waals surface area contributed by atoms with Crippen molar-refractivity contribution in [1.29, 1.82) is 0 Å². The van der Waals surface area contributed by atoms with Crippen molar-refractivity contribution in [3.63, 3.8) is 0 Å². The van der Waals surface area contributed by atoms with Crippen LogP contribution in [-0.4, -0.2) is 47.3 Å². The molecule has 2 aliphatic rings. The summed E-state index contributed by atoms with van der Waals surface area (Å²) in [5, 5.41) is 9.63. The molecule has 0 saturated carbocycles. The second-order valence-corrected chi connectivity index (χ2v) is 7.06. The van der Waals surface area contributed by atoms with Crippen molar-refractivity contribution in [3.05, 3.63) is 48.3 Å². The minimum absolute atomic E-state index is 0.0384. The Hall–Kier alpha value is -2.96. The summed E-state index contributed by atoms with van der Waals surface area (Å²) in [4.78, 5) is 23.4. The van der Waals surface area contributed by atoms with E-state index < -0.39 is 0 Å². The molecule has 0 bridgehead atoms. The fraction of sp³-hybridized carbons (Fsp3) is 0.400. The fourth-order valence-corrected chi connectivity index (χ4v) is 3.55. The topological polar surface area (TPSA) is 73.7 Å². The monoisotopic (exact) mass is 364 g/mol. The molecule has 2 aromatic rings. The van der Waals surface area contributed by atoms with Crippen LogP contribution in [0.3, 0.4) is 0 Å². The summed E-state index contributed by atoms with van der Waals surface area (Å²) in [6.07, 6.45) is 6.46. The van der Waals surface area contributed by atoms with Gasteiger partial charge in [-0.25, -0.2) is 9.97 Å². The van der Waals surface area contributed by atoms with Crippen LogP contribution in [-0.2, 0) is 0 Å². The molecule has 1 amide bonds. The summed E-state index contributed by atoms with van der Waals surface area (Å²) >= 11 is 0. The zero-order valence-corrected chi connectivity index (χ0v) is 15.5. The van der Waals surface area contributed by atoms with Crippen LogP contribution >= 0.6 is 0 Å². The van der Waals surface area contributed by atoms with Crippen molar-refractivity contribution in [2.75, 3.05) is 29.5 Å².